The lowest BCUT2D eigenvalue weighted by atomic mass is 10.2. The maximum Gasteiger partial charge on any atom is 0.343 e. The summed E-state index contributed by atoms with van der Waals surface area (Å²) in [4.78, 5) is 16.3. The van der Waals surface area contributed by atoms with Gasteiger partial charge in [-0.1, -0.05) is 0 Å². The Morgan fingerprint density at radius 3 is 2.41 bits per heavy atom. The number of esters is 1. The number of rotatable bonds is 6. The van der Waals surface area contributed by atoms with Crippen LogP contribution in [0.15, 0.2) is 85.5 Å². The second-order valence-electron chi connectivity index (χ2n) is 6.12. The molecule has 0 fully saturated rings. The van der Waals surface area contributed by atoms with Crippen LogP contribution in [0, 0.1) is 5.82 Å². The van der Waals surface area contributed by atoms with E-state index in [4.69, 9.17) is 9.47 Å². The third-order valence-corrected chi connectivity index (χ3v) is 4.12. The van der Waals surface area contributed by atoms with Crippen LogP contribution >= 0.6 is 0 Å². The molecule has 4 rings (SSSR count). The van der Waals surface area contributed by atoms with Crippen molar-refractivity contribution in [3.8, 4) is 17.2 Å². The fourth-order valence-corrected chi connectivity index (χ4v) is 2.65. The third kappa shape index (κ3) is 4.47. The highest BCUT2D eigenvalue weighted by Gasteiger charge is 2.13. The van der Waals surface area contributed by atoms with Crippen LogP contribution in [0.4, 0.5) is 4.39 Å². The number of hydrogen-bond donors (Lipinski definition) is 0. The van der Waals surface area contributed by atoms with Crippen molar-refractivity contribution >= 4 is 5.97 Å². The van der Waals surface area contributed by atoms with Crippen molar-refractivity contribution in [3.63, 3.8) is 0 Å². The second kappa shape index (κ2) is 8.35. The van der Waals surface area contributed by atoms with Crippen LogP contribution in [0.25, 0.3) is 5.69 Å². The highest BCUT2D eigenvalue weighted by atomic mass is 19.1. The number of pyridine rings is 1. The molecule has 2 aromatic carbocycles. The SMILES string of the molecule is O=C(Oc1ccc(OCc2ccncc2)cc1)c1ccc(-n2cccn2)c(F)c1. The number of carbonyl (C=O) groups is 1. The fourth-order valence-electron chi connectivity index (χ4n) is 2.65. The van der Waals surface area contributed by atoms with E-state index in [0.717, 1.165) is 11.6 Å². The maximum absolute atomic E-state index is 14.3. The smallest absolute Gasteiger partial charge is 0.343 e. The average Bonchev–Trinajstić information content (AvgIpc) is 3.28. The number of hydrogen-bond acceptors (Lipinski definition) is 5. The van der Waals surface area contributed by atoms with Crippen LogP contribution in [0.5, 0.6) is 11.5 Å². The third-order valence-electron chi connectivity index (χ3n) is 4.12. The molecule has 0 bridgehead atoms. The van der Waals surface area contributed by atoms with E-state index in [1.165, 1.54) is 16.8 Å². The molecule has 0 atom stereocenters. The average molecular weight is 389 g/mol. The fraction of sp³-hybridized carbons (Fsp3) is 0.0455. The van der Waals surface area contributed by atoms with Gasteiger partial charge in [0.05, 0.1) is 5.56 Å². The van der Waals surface area contributed by atoms with E-state index in [1.807, 2.05) is 12.1 Å². The normalized spacial score (nSPS) is 10.5. The van der Waals surface area contributed by atoms with Gasteiger partial charge in [-0.3, -0.25) is 4.98 Å². The van der Waals surface area contributed by atoms with Gasteiger partial charge in [0, 0.05) is 24.8 Å². The van der Waals surface area contributed by atoms with Crippen molar-refractivity contribution in [1.29, 1.82) is 0 Å². The number of ether oxygens (including phenoxy) is 2. The summed E-state index contributed by atoms with van der Waals surface area (Å²) >= 11 is 0. The van der Waals surface area contributed by atoms with Crippen molar-refractivity contribution in [2.45, 2.75) is 6.61 Å². The van der Waals surface area contributed by atoms with Gasteiger partial charge in [-0.15, -0.1) is 0 Å². The molecule has 0 saturated carbocycles. The predicted octanol–water partition coefficient (Wildman–Crippen LogP) is 4.20. The van der Waals surface area contributed by atoms with Gasteiger partial charge in [0.15, 0.2) is 0 Å². The van der Waals surface area contributed by atoms with Crippen molar-refractivity contribution in [1.82, 2.24) is 14.8 Å². The maximum atomic E-state index is 14.3. The summed E-state index contributed by atoms with van der Waals surface area (Å²) in [5.74, 6) is -0.247. The van der Waals surface area contributed by atoms with Crippen LogP contribution in [0.3, 0.4) is 0 Å². The number of carbonyl (C=O) groups excluding carboxylic acids is 1. The zero-order valence-electron chi connectivity index (χ0n) is 15.2. The van der Waals surface area contributed by atoms with Crippen LogP contribution < -0.4 is 9.47 Å². The van der Waals surface area contributed by atoms with E-state index in [1.54, 1.807) is 55.1 Å². The Balaban J connectivity index is 1.39. The number of nitrogens with zero attached hydrogens (tertiary/aromatic N) is 3. The molecular weight excluding hydrogens is 373 g/mol. The van der Waals surface area contributed by atoms with Crippen molar-refractivity contribution in [2.24, 2.45) is 0 Å². The molecule has 0 spiro atoms. The molecule has 4 aromatic rings. The number of halogens is 1. The first-order chi connectivity index (χ1) is 14.2. The molecular formula is C22H16FN3O3. The van der Waals surface area contributed by atoms with Gasteiger partial charge in [0.2, 0.25) is 0 Å². The minimum absolute atomic E-state index is 0.108. The summed E-state index contributed by atoms with van der Waals surface area (Å²) in [6.45, 7) is 0.406. The summed E-state index contributed by atoms with van der Waals surface area (Å²) in [6, 6.07) is 16.2. The predicted molar refractivity (Wildman–Crippen MR) is 103 cm³/mol. The summed E-state index contributed by atoms with van der Waals surface area (Å²) in [7, 11) is 0. The lowest BCUT2D eigenvalue weighted by Crippen LogP contribution is -2.10. The summed E-state index contributed by atoms with van der Waals surface area (Å²) < 4.78 is 26.7. The van der Waals surface area contributed by atoms with Crippen molar-refractivity contribution < 1.29 is 18.7 Å². The molecule has 0 saturated heterocycles. The van der Waals surface area contributed by atoms with E-state index in [2.05, 4.69) is 10.1 Å². The van der Waals surface area contributed by atoms with E-state index >= 15 is 0 Å². The molecule has 2 aromatic heterocycles. The molecule has 0 aliphatic heterocycles. The number of benzene rings is 2. The minimum atomic E-state index is -0.652. The van der Waals surface area contributed by atoms with Crippen LogP contribution in [-0.4, -0.2) is 20.7 Å². The first-order valence-corrected chi connectivity index (χ1v) is 8.82. The van der Waals surface area contributed by atoms with Gasteiger partial charge in [0.25, 0.3) is 0 Å². The van der Waals surface area contributed by atoms with Gasteiger partial charge >= 0.3 is 5.97 Å². The minimum Gasteiger partial charge on any atom is -0.489 e. The lowest BCUT2D eigenvalue weighted by molar-refractivity contribution is 0.0734. The summed E-state index contributed by atoms with van der Waals surface area (Å²) in [5, 5.41) is 3.98. The van der Waals surface area contributed by atoms with E-state index in [-0.39, 0.29) is 11.3 Å². The quantitative estimate of drug-likeness (QED) is 0.365. The van der Waals surface area contributed by atoms with E-state index in [9.17, 15) is 9.18 Å². The van der Waals surface area contributed by atoms with Gasteiger partial charge < -0.3 is 9.47 Å². The molecule has 0 unspecified atom stereocenters. The molecule has 0 N–H and O–H groups in total. The van der Waals surface area contributed by atoms with E-state index < -0.39 is 11.8 Å². The van der Waals surface area contributed by atoms with Crippen LogP contribution in [0.2, 0.25) is 0 Å². The Morgan fingerprint density at radius 2 is 1.72 bits per heavy atom. The molecule has 7 heteroatoms. The molecule has 2 heterocycles. The molecule has 0 amide bonds. The van der Waals surface area contributed by atoms with Crippen LogP contribution in [-0.2, 0) is 6.61 Å². The highest BCUT2D eigenvalue weighted by Crippen LogP contribution is 2.21. The molecule has 144 valence electrons. The lowest BCUT2D eigenvalue weighted by Gasteiger charge is -2.09. The molecule has 6 nitrogen and oxygen atoms in total. The highest BCUT2D eigenvalue weighted by molar-refractivity contribution is 5.91. The Bertz CT molecular complexity index is 1100. The zero-order valence-corrected chi connectivity index (χ0v) is 15.2. The van der Waals surface area contributed by atoms with Gasteiger partial charge in [0.1, 0.15) is 29.6 Å². The Morgan fingerprint density at radius 1 is 0.966 bits per heavy atom. The molecule has 29 heavy (non-hydrogen) atoms. The molecule has 0 radical (unpaired) electrons. The topological polar surface area (TPSA) is 66.2 Å². The second-order valence-corrected chi connectivity index (χ2v) is 6.12. The monoisotopic (exact) mass is 389 g/mol. The van der Waals surface area contributed by atoms with Crippen molar-refractivity contribution in [3.05, 3.63) is 102 Å². The summed E-state index contributed by atoms with van der Waals surface area (Å²) in [5.41, 5.74) is 1.36. The zero-order chi connectivity index (χ0) is 20.1. The summed E-state index contributed by atoms with van der Waals surface area (Å²) in [6.07, 6.45) is 6.57. The van der Waals surface area contributed by atoms with Gasteiger partial charge in [-0.25, -0.2) is 13.9 Å². The van der Waals surface area contributed by atoms with E-state index in [0.29, 0.717) is 18.1 Å². The van der Waals surface area contributed by atoms with Crippen molar-refractivity contribution in [2.75, 3.05) is 0 Å². The molecule has 0 aliphatic carbocycles. The largest absolute Gasteiger partial charge is 0.489 e. The standard InChI is InChI=1S/C22H16FN3O3/c23-20-14-17(2-7-21(20)26-13-1-10-25-26)22(27)29-19-5-3-18(4-6-19)28-15-16-8-11-24-12-9-16/h1-14H,15H2. The van der Waals surface area contributed by atoms with Gasteiger partial charge in [-0.05, 0) is 66.2 Å². The Kier molecular flexibility index (Phi) is 5.29. The first kappa shape index (κ1) is 18.4. The van der Waals surface area contributed by atoms with Crippen LogP contribution in [0.1, 0.15) is 15.9 Å². The molecule has 0 aliphatic rings. The first-order valence-electron chi connectivity index (χ1n) is 8.82. The Labute approximate surface area is 166 Å². The number of aromatic nitrogens is 3. The Hall–Kier alpha value is -4.00. The van der Waals surface area contributed by atoms with Gasteiger partial charge in [-0.2, -0.15) is 5.10 Å².